The van der Waals surface area contributed by atoms with Gasteiger partial charge in [0.05, 0.1) is 23.3 Å². The van der Waals surface area contributed by atoms with E-state index in [-0.39, 0.29) is 11.0 Å². The fourth-order valence-electron chi connectivity index (χ4n) is 2.22. The van der Waals surface area contributed by atoms with Crippen LogP contribution in [0.25, 0.3) is 11.0 Å². The third kappa shape index (κ3) is 2.26. The highest BCUT2D eigenvalue weighted by Crippen LogP contribution is 2.26. The zero-order chi connectivity index (χ0) is 14.2. The molecule has 1 aromatic heterocycles. The lowest BCUT2D eigenvalue weighted by Crippen LogP contribution is -2.36. The SMILES string of the molecule is CCC(C(=O)c1c(F)cc2occc2c1F)N(C)C. The number of fused-ring (bicyclic) bond motifs is 1. The third-order valence-corrected chi connectivity index (χ3v) is 3.21. The second kappa shape index (κ2) is 5.09. The topological polar surface area (TPSA) is 33.5 Å². The number of carbonyl (C=O) groups is 1. The molecule has 1 aromatic carbocycles. The van der Waals surface area contributed by atoms with Crippen molar-refractivity contribution in [2.24, 2.45) is 0 Å². The summed E-state index contributed by atoms with van der Waals surface area (Å²) in [7, 11) is 3.41. The molecule has 1 heterocycles. The number of hydrogen-bond donors (Lipinski definition) is 0. The van der Waals surface area contributed by atoms with Crippen LogP contribution >= 0.6 is 0 Å². The van der Waals surface area contributed by atoms with Crippen molar-refractivity contribution < 1.29 is 18.0 Å². The normalized spacial score (nSPS) is 13.2. The summed E-state index contributed by atoms with van der Waals surface area (Å²) in [4.78, 5) is 13.9. The molecule has 0 spiro atoms. The number of furan rings is 1. The molecular weight excluding hydrogens is 252 g/mol. The predicted octanol–water partition coefficient (Wildman–Crippen LogP) is 3.23. The number of ketones is 1. The molecule has 3 nitrogen and oxygen atoms in total. The summed E-state index contributed by atoms with van der Waals surface area (Å²) in [6.07, 6.45) is 1.75. The van der Waals surface area contributed by atoms with E-state index in [1.807, 2.05) is 0 Å². The second-order valence-electron chi connectivity index (χ2n) is 4.63. The van der Waals surface area contributed by atoms with Crippen LogP contribution in [-0.4, -0.2) is 30.8 Å². The lowest BCUT2D eigenvalue weighted by molar-refractivity contribution is 0.0863. The van der Waals surface area contributed by atoms with Crippen molar-refractivity contribution in [1.29, 1.82) is 0 Å². The van der Waals surface area contributed by atoms with Gasteiger partial charge in [-0.25, -0.2) is 8.78 Å². The van der Waals surface area contributed by atoms with Crippen molar-refractivity contribution in [3.05, 3.63) is 35.6 Å². The average Bonchev–Trinajstić information content (AvgIpc) is 2.77. The first-order chi connectivity index (χ1) is 8.97. The van der Waals surface area contributed by atoms with Gasteiger partial charge in [-0.05, 0) is 26.6 Å². The van der Waals surface area contributed by atoms with Gasteiger partial charge < -0.3 is 4.42 Å². The maximum Gasteiger partial charge on any atom is 0.185 e. The van der Waals surface area contributed by atoms with Crippen molar-refractivity contribution in [2.45, 2.75) is 19.4 Å². The summed E-state index contributed by atoms with van der Waals surface area (Å²) in [5.74, 6) is -2.29. The van der Waals surface area contributed by atoms with E-state index in [0.29, 0.717) is 6.42 Å². The molecule has 0 amide bonds. The Labute approximate surface area is 109 Å². The number of rotatable bonds is 4. The molecule has 0 radical (unpaired) electrons. The van der Waals surface area contributed by atoms with E-state index in [4.69, 9.17) is 4.42 Å². The third-order valence-electron chi connectivity index (χ3n) is 3.21. The van der Waals surface area contributed by atoms with Gasteiger partial charge in [0, 0.05) is 6.07 Å². The molecule has 2 aromatic rings. The number of benzene rings is 1. The summed E-state index contributed by atoms with van der Waals surface area (Å²) >= 11 is 0. The minimum Gasteiger partial charge on any atom is -0.464 e. The fraction of sp³-hybridized carbons (Fsp3) is 0.357. The van der Waals surface area contributed by atoms with Crippen LogP contribution in [0, 0.1) is 11.6 Å². The van der Waals surface area contributed by atoms with E-state index in [2.05, 4.69) is 0 Å². The van der Waals surface area contributed by atoms with Gasteiger partial charge in [0.25, 0.3) is 0 Å². The molecule has 1 unspecified atom stereocenters. The van der Waals surface area contributed by atoms with Gasteiger partial charge in [-0.2, -0.15) is 0 Å². The molecule has 0 aliphatic rings. The van der Waals surface area contributed by atoms with E-state index < -0.39 is 29.0 Å². The molecule has 0 aliphatic heterocycles. The number of likely N-dealkylation sites (N-methyl/N-ethyl adjacent to an activating group) is 1. The van der Waals surface area contributed by atoms with Crippen LogP contribution in [0.1, 0.15) is 23.7 Å². The maximum atomic E-state index is 14.2. The fourth-order valence-corrected chi connectivity index (χ4v) is 2.22. The summed E-state index contributed by atoms with van der Waals surface area (Å²) in [6, 6.07) is 1.89. The highest BCUT2D eigenvalue weighted by Gasteiger charge is 2.28. The van der Waals surface area contributed by atoms with Crippen LogP contribution in [-0.2, 0) is 0 Å². The Bertz CT molecular complexity index is 619. The summed E-state index contributed by atoms with van der Waals surface area (Å²) in [5, 5.41) is 0.123. The van der Waals surface area contributed by atoms with E-state index in [0.717, 1.165) is 6.07 Å². The minimum absolute atomic E-state index is 0.101. The molecule has 0 N–H and O–H groups in total. The van der Waals surface area contributed by atoms with Gasteiger partial charge in [-0.15, -0.1) is 0 Å². The Hall–Kier alpha value is -1.75. The molecule has 5 heteroatoms. The van der Waals surface area contributed by atoms with Gasteiger partial charge in [-0.1, -0.05) is 6.92 Å². The first-order valence-corrected chi connectivity index (χ1v) is 6.03. The van der Waals surface area contributed by atoms with Gasteiger partial charge in [0.1, 0.15) is 17.2 Å². The van der Waals surface area contributed by atoms with Crippen molar-refractivity contribution in [3.8, 4) is 0 Å². The monoisotopic (exact) mass is 267 g/mol. The molecule has 0 aliphatic carbocycles. The number of Topliss-reactive ketones (excluding diaryl/α,β-unsaturated/α-hetero) is 1. The molecule has 0 bridgehead atoms. The Morgan fingerprint density at radius 1 is 1.42 bits per heavy atom. The van der Waals surface area contributed by atoms with Crippen LogP contribution in [0.2, 0.25) is 0 Å². The first kappa shape index (κ1) is 13.7. The van der Waals surface area contributed by atoms with Gasteiger partial charge in [-0.3, -0.25) is 9.69 Å². The molecular formula is C14H15F2NO2. The van der Waals surface area contributed by atoms with Crippen LogP contribution < -0.4 is 0 Å². The molecule has 2 rings (SSSR count). The summed E-state index contributed by atoms with van der Waals surface area (Å²) < 4.78 is 33.1. The molecule has 19 heavy (non-hydrogen) atoms. The lowest BCUT2D eigenvalue weighted by atomic mass is 9.99. The van der Waals surface area contributed by atoms with Crippen molar-refractivity contribution >= 4 is 16.8 Å². The minimum atomic E-state index is -0.884. The standard InChI is InChI=1S/C14H15F2NO2/c1-4-10(17(2)3)14(18)12-9(15)7-11-8(13(12)16)5-6-19-11/h5-7,10H,4H2,1-3H3. The smallest absolute Gasteiger partial charge is 0.185 e. The first-order valence-electron chi connectivity index (χ1n) is 6.03. The number of carbonyl (C=O) groups excluding carboxylic acids is 1. The van der Waals surface area contributed by atoms with Crippen molar-refractivity contribution in [1.82, 2.24) is 4.90 Å². The van der Waals surface area contributed by atoms with Crippen LogP contribution in [0.4, 0.5) is 8.78 Å². The number of halogens is 2. The van der Waals surface area contributed by atoms with Crippen molar-refractivity contribution in [3.63, 3.8) is 0 Å². The lowest BCUT2D eigenvalue weighted by Gasteiger charge is -2.21. The molecule has 0 fully saturated rings. The molecule has 1 atom stereocenters. The number of nitrogens with zero attached hydrogens (tertiary/aromatic N) is 1. The van der Waals surface area contributed by atoms with Crippen LogP contribution in [0.3, 0.4) is 0 Å². The Kier molecular flexibility index (Phi) is 3.66. The number of hydrogen-bond acceptors (Lipinski definition) is 3. The average molecular weight is 267 g/mol. The highest BCUT2D eigenvalue weighted by molar-refractivity contribution is 6.03. The molecule has 0 saturated heterocycles. The van der Waals surface area contributed by atoms with Gasteiger partial charge >= 0.3 is 0 Å². The van der Waals surface area contributed by atoms with Crippen molar-refractivity contribution in [2.75, 3.05) is 14.1 Å². The van der Waals surface area contributed by atoms with E-state index in [9.17, 15) is 13.6 Å². The van der Waals surface area contributed by atoms with Crippen LogP contribution in [0.5, 0.6) is 0 Å². The largest absolute Gasteiger partial charge is 0.464 e. The van der Waals surface area contributed by atoms with E-state index >= 15 is 0 Å². The quantitative estimate of drug-likeness (QED) is 0.797. The zero-order valence-corrected chi connectivity index (χ0v) is 11.0. The van der Waals surface area contributed by atoms with E-state index in [1.165, 1.54) is 12.3 Å². The zero-order valence-electron chi connectivity index (χ0n) is 11.0. The van der Waals surface area contributed by atoms with Crippen LogP contribution in [0.15, 0.2) is 22.8 Å². The summed E-state index contributed by atoms with van der Waals surface area (Å²) in [5.41, 5.74) is -0.390. The molecule has 102 valence electrons. The Balaban J connectivity index is 2.58. The predicted molar refractivity (Wildman–Crippen MR) is 68.2 cm³/mol. The van der Waals surface area contributed by atoms with Gasteiger partial charge in [0.15, 0.2) is 5.78 Å². The van der Waals surface area contributed by atoms with E-state index in [1.54, 1.807) is 25.9 Å². The highest BCUT2D eigenvalue weighted by atomic mass is 19.1. The molecule has 0 saturated carbocycles. The maximum absolute atomic E-state index is 14.2. The Morgan fingerprint density at radius 2 is 2.11 bits per heavy atom. The second-order valence-corrected chi connectivity index (χ2v) is 4.63. The summed E-state index contributed by atoms with van der Waals surface area (Å²) in [6.45, 7) is 1.80. The van der Waals surface area contributed by atoms with Gasteiger partial charge in [0.2, 0.25) is 0 Å². The Morgan fingerprint density at radius 3 is 2.68 bits per heavy atom.